The van der Waals surface area contributed by atoms with Crippen LogP contribution in [0.4, 0.5) is 0 Å². The molecule has 8 rings (SSSR count). The third-order valence-corrected chi connectivity index (χ3v) is 9.82. The Kier molecular flexibility index (Phi) is 9.15. The van der Waals surface area contributed by atoms with Gasteiger partial charge in [0.1, 0.15) is 13.1 Å². The number of rotatable bonds is 11. The maximum Gasteiger partial charge on any atom is 0.169 e. The van der Waals surface area contributed by atoms with Gasteiger partial charge in [-0.25, -0.2) is 9.13 Å². The third-order valence-electron chi connectivity index (χ3n) is 9.82. The molecule has 0 amide bonds. The molecule has 0 N–H and O–H groups in total. The third kappa shape index (κ3) is 6.79. The maximum atomic E-state index is 4.16. The molecule has 0 aliphatic rings. The predicted octanol–water partition coefficient (Wildman–Crippen LogP) is 9.62. The molecule has 0 aliphatic carbocycles. The molecule has 0 saturated heterocycles. The summed E-state index contributed by atoms with van der Waals surface area (Å²) < 4.78 is 4.60. The fourth-order valence-corrected chi connectivity index (χ4v) is 7.23. The van der Waals surface area contributed by atoms with Gasteiger partial charge in [0.2, 0.25) is 0 Å². The Morgan fingerprint density at radius 3 is 1.18 bits per heavy atom. The Balaban J connectivity index is 1.07. The van der Waals surface area contributed by atoms with Crippen LogP contribution < -0.4 is 9.13 Å². The van der Waals surface area contributed by atoms with Gasteiger partial charge in [-0.3, -0.25) is 9.97 Å². The van der Waals surface area contributed by atoms with Gasteiger partial charge in [0.15, 0.2) is 24.8 Å². The van der Waals surface area contributed by atoms with Crippen molar-refractivity contribution in [1.29, 1.82) is 0 Å². The van der Waals surface area contributed by atoms with Crippen LogP contribution in [0.1, 0.15) is 24.0 Å². The zero-order chi connectivity index (χ0) is 33.5. The number of hydrogen-bond acceptors (Lipinski definition) is 2. The number of pyridine rings is 4. The first-order valence-electron chi connectivity index (χ1n) is 17.6. The molecule has 4 nitrogen and oxygen atoms in total. The summed E-state index contributed by atoms with van der Waals surface area (Å²) in [6, 6.07) is 44.2. The summed E-state index contributed by atoms with van der Waals surface area (Å²) in [6.07, 6.45) is 20.3. The zero-order valence-corrected chi connectivity index (χ0v) is 28.2. The second-order valence-electron chi connectivity index (χ2n) is 13.0. The number of nitrogens with zero attached hydrogens (tertiary/aromatic N) is 4. The Morgan fingerprint density at radius 2 is 0.760 bits per heavy atom. The van der Waals surface area contributed by atoms with Gasteiger partial charge in [-0.2, -0.15) is 0 Å². The average Bonchev–Trinajstić information content (AvgIpc) is 3.19. The van der Waals surface area contributed by atoms with Crippen LogP contribution in [-0.4, -0.2) is 9.97 Å². The highest BCUT2D eigenvalue weighted by Crippen LogP contribution is 2.40. The van der Waals surface area contributed by atoms with E-state index in [1.165, 1.54) is 66.1 Å². The number of fused-ring (bicyclic) bond motifs is 2. The summed E-state index contributed by atoms with van der Waals surface area (Å²) in [6.45, 7) is 1.92. The van der Waals surface area contributed by atoms with Crippen LogP contribution in [-0.2, 0) is 25.9 Å². The quantitative estimate of drug-likeness (QED) is 0.131. The first-order chi connectivity index (χ1) is 24.8. The molecule has 4 aromatic carbocycles. The van der Waals surface area contributed by atoms with Gasteiger partial charge in [0.25, 0.3) is 0 Å². The van der Waals surface area contributed by atoms with Crippen molar-refractivity contribution in [2.24, 2.45) is 0 Å². The monoisotopic (exact) mass is 648 g/mol. The van der Waals surface area contributed by atoms with Crippen molar-refractivity contribution in [1.82, 2.24) is 9.97 Å². The highest BCUT2D eigenvalue weighted by atomic mass is 14.9. The number of hydrogen-bond donors (Lipinski definition) is 0. The molecule has 0 fully saturated rings. The van der Waals surface area contributed by atoms with E-state index in [1.54, 1.807) is 0 Å². The standard InChI is InChI=1S/C46H40N4/c1-3-11-43-39(7-1)13-15-41(9-5-29-49-31-21-37(22-32-49)35-17-25-47-26-18-35)45(43)46-42(16-14-40-8-2-4-12-44(40)46)10-6-30-50-33-23-38(24-34-50)36-19-27-48-28-20-36/h1-4,7-8,11-28,31-34H,5-6,9-10,29-30H2/q+2. The lowest BCUT2D eigenvalue weighted by Crippen LogP contribution is -2.32. The van der Waals surface area contributed by atoms with Crippen LogP contribution >= 0.6 is 0 Å². The number of benzene rings is 4. The Morgan fingerprint density at radius 1 is 0.380 bits per heavy atom. The molecule has 4 heteroatoms. The van der Waals surface area contributed by atoms with Crippen LogP contribution in [0.3, 0.4) is 0 Å². The van der Waals surface area contributed by atoms with E-state index in [-0.39, 0.29) is 0 Å². The van der Waals surface area contributed by atoms with Crippen molar-refractivity contribution in [3.05, 3.63) is 182 Å². The van der Waals surface area contributed by atoms with Gasteiger partial charge >= 0.3 is 0 Å². The first kappa shape index (κ1) is 31.3. The molecule has 0 bridgehead atoms. The fraction of sp³-hybridized carbons (Fsp3) is 0.130. The molecule has 4 heterocycles. The molecule has 0 atom stereocenters. The SMILES string of the molecule is c1ccc2c(-c3c(CCC[n+]4ccc(-c5ccncc5)cc4)ccc4ccccc34)c(CCC[n+]3ccc(-c4ccncc4)cc3)ccc2c1. The van der Waals surface area contributed by atoms with E-state index in [2.05, 4.69) is 165 Å². The number of aryl methyl sites for hydroxylation is 4. The molecule has 50 heavy (non-hydrogen) atoms. The molecular formula is C46H40N4+2. The van der Waals surface area contributed by atoms with E-state index in [9.17, 15) is 0 Å². The topological polar surface area (TPSA) is 33.5 Å². The van der Waals surface area contributed by atoms with Crippen LogP contribution in [0, 0.1) is 0 Å². The van der Waals surface area contributed by atoms with E-state index in [0.717, 1.165) is 38.8 Å². The average molecular weight is 649 g/mol. The highest BCUT2D eigenvalue weighted by Gasteiger charge is 2.18. The summed E-state index contributed by atoms with van der Waals surface area (Å²) >= 11 is 0. The smallest absolute Gasteiger partial charge is 0.169 e. The van der Waals surface area contributed by atoms with Gasteiger partial charge in [-0.15, -0.1) is 0 Å². The van der Waals surface area contributed by atoms with Gasteiger partial charge < -0.3 is 0 Å². The lowest BCUT2D eigenvalue weighted by Gasteiger charge is -2.19. The Hall–Kier alpha value is -6.00. The largest absolute Gasteiger partial charge is 0.265 e. The van der Waals surface area contributed by atoms with Gasteiger partial charge in [0, 0.05) is 61.9 Å². The molecule has 0 saturated carbocycles. The Labute approximate surface area is 294 Å². The molecule has 8 aromatic rings. The van der Waals surface area contributed by atoms with E-state index in [0.29, 0.717) is 0 Å². The molecular weight excluding hydrogens is 609 g/mol. The van der Waals surface area contributed by atoms with E-state index < -0.39 is 0 Å². The van der Waals surface area contributed by atoms with Crippen LogP contribution in [0.25, 0.3) is 54.9 Å². The van der Waals surface area contributed by atoms with Crippen molar-refractivity contribution in [3.8, 4) is 33.4 Å². The van der Waals surface area contributed by atoms with Crippen molar-refractivity contribution in [3.63, 3.8) is 0 Å². The predicted molar refractivity (Wildman–Crippen MR) is 203 cm³/mol. The lowest BCUT2D eigenvalue weighted by atomic mass is 9.85. The highest BCUT2D eigenvalue weighted by molar-refractivity contribution is 6.07. The second kappa shape index (κ2) is 14.6. The van der Waals surface area contributed by atoms with Crippen LogP contribution in [0.2, 0.25) is 0 Å². The summed E-state index contributed by atoms with van der Waals surface area (Å²) in [4.78, 5) is 8.32. The van der Waals surface area contributed by atoms with Crippen molar-refractivity contribution >= 4 is 21.5 Å². The minimum atomic E-state index is 0.961. The van der Waals surface area contributed by atoms with Gasteiger partial charge in [-0.05, 0) is 103 Å². The summed E-state index contributed by atoms with van der Waals surface area (Å²) in [5.41, 5.74) is 10.4. The summed E-state index contributed by atoms with van der Waals surface area (Å²) in [7, 11) is 0. The van der Waals surface area contributed by atoms with Crippen molar-refractivity contribution < 1.29 is 9.13 Å². The van der Waals surface area contributed by atoms with Crippen LogP contribution in [0.15, 0.2) is 171 Å². The summed E-state index contributed by atoms with van der Waals surface area (Å²) in [5, 5.41) is 5.24. The molecule has 4 aromatic heterocycles. The Bertz CT molecular complexity index is 2180. The lowest BCUT2D eigenvalue weighted by molar-refractivity contribution is -0.697. The molecule has 0 spiro atoms. The van der Waals surface area contributed by atoms with Gasteiger partial charge in [-0.1, -0.05) is 72.8 Å². The second-order valence-corrected chi connectivity index (χ2v) is 13.0. The number of aromatic nitrogens is 4. The molecule has 0 aliphatic heterocycles. The minimum absolute atomic E-state index is 0.961. The first-order valence-corrected chi connectivity index (χ1v) is 17.6. The fourth-order valence-electron chi connectivity index (χ4n) is 7.23. The normalized spacial score (nSPS) is 11.3. The maximum absolute atomic E-state index is 4.16. The molecule has 0 unspecified atom stereocenters. The van der Waals surface area contributed by atoms with Crippen molar-refractivity contribution in [2.45, 2.75) is 38.8 Å². The zero-order valence-electron chi connectivity index (χ0n) is 28.2. The van der Waals surface area contributed by atoms with E-state index in [1.807, 2.05) is 24.8 Å². The molecule has 242 valence electrons. The van der Waals surface area contributed by atoms with E-state index in [4.69, 9.17) is 0 Å². The van der Waals surface area contributed by atoms with Gasteiger partial charge in [0.05, 0.1) is 0 Å². The van der Waals surface area contributed by atoms with Crippen molar-refractivity contribution in [2.75, 3.05) is 0 Å². The molecule has 0 radical (unpaired) electrons. The van der Waals surface area contributed by atoms with Crippen LogP contribution in [0.5, 0.6) is 0 Å². The van der Waals surface area contributed by atoms with E-state index >= 15 is 0 Å². The summed E-state index contributed by atoms with van der Waals surface area (Å²) in [5.74, 6) is 0. The minimum Gasteiger partial charge on any atom is -0.265 e.